The zero-order chi connectivity index (χ0) is 12.1. The SMILES string of the molecule is O=[N+]([O-])OC(=S)C(c1ccccc1)[N+](=O)[O-]. The molecule has 0 aliphatic carbocycles. The highest BCUT2D eigenvalue weighted by atomic mass is 32.1. The van der Waals surface area contributed by atoms with Crippen LogP contribution in [0.5, 0.6) is 0 Å². The van der Waals surface area contributed by atoms with Crippen molar-refractivity contribution in [3.63, 3.8) is 0 Å². The van der Waals surface area contributed by atoms with E-state index in [4.69, 9.17) is 0 Å². The van der Waals surface area contributed by atoms with Crippen molar-refractivity contribution < 1.29 is 14.8 Å². The number of nitrogens with zero attached hydrogens (tertiary/aromatic N) is 2. The molecule has 0 N–H and O–H groups in total. The third-order valence-corrected chi connectivity index (χ3v) is 2.01. The smallest absolute Gasteiger partial charge is 0.263 e. The van der Waals surface area contributed by atoms with Crippen molar-refractivity contribution in [1.29, 1.82) is 0 Å². The molecule has 84 valence electrons. The van der Waals surface area contributed by atoms with E-state index in [0.29, 0.717) is 0 Å². The molecule has 1 atom stereocenters. The van der Waals surface area contributed by atoms with E-state index in [2.05, 4.69) is 17.1 Å². The van der Waals surface area contributed by atoms with Gasteiger partial charge in [0.25, 0.3) is 6.04 Å². The Kier molecular flexibility index (Phi) is 3.84. The molecule has 0 aromatic heterocycles. The summed E-state index contributed by atoms with van der Waals surface area (Å²) in [6.07, 6.45) is 0. The Morgan fingerprint density at radius 3 is 2.25 bits per heavy atom. The molecular weight excluding hydrogens is 236 g/mol. The van der Waals surface area contributed by atoms with Crippen LogP contribution in [0.4, 0.5) is 0 Å². The van der Waals surface area contributed by atoms with Crippen molar-refractivity contribution in [3.05, 3.63) is 56.1 Å². The van der Waals surface area contributed by atoms with Gasteiger partial charge >= 0.3 is 5.09 Å². The summed E-state index contributed by atoms with van der Waals surface area (Å²) in [5, 5.41) is 18.9. The standard InChI is InChI=1S/C8H6N2O5S/c11-9(12)7(8(16)15-10(13)14)6-4-2-1-3-5-6/h1-5,7H. The fourth-order valence-corrected chi connectivity index (χ4v) is 1.39. The molecule has 0 bridgehead atoms. The number of hydrogen-bond acceptors (Lipinski definition) is 6. The summed E-state index contributed by atoms with van der Waals surface area (Å²) in [5.41, 5.74) is 0.236. The minimum atomic E-state index is -1.51. The van der Waals surface area contributed by atoms with Crippen LogP contribution in [0.1, 0.15) is 11.6 Å². The number of thiocarbonyl (C=S) groups is 1. The van der Waals surface area contributed by atoms with Gasteiger partial charge in [0.15, 0.2) is 0 Å². The molecule has 0 amide bonds. The molecule has 0 fully saturated rings. The highest BCUT2D eigenvalue weighted by molar-refractivity contribution is 7.80. The van der Waals surface area contributed by atoms with Gasteiger partial charge in [0.2, 0.25) is 5.05 Å². The topological polar surface area (TPSA) is 95.5 Å². The van der Waals surface area contributed by atoms with Crippen LogP contribution in [-0.2, 0) is 4.84 Å². The third-order valence-electron chi connectivity index (χ3n) is 1.71. The van der Waals surface area contributed by atoms with E-state index in [-0.39, 0.29) is 5.56 Å². The van der Waals surface area contributed by atoms with Gasteiger partial charge in [0.05, 0.1) is 0 Å². The maximum absolute atomic E-state index is 10.7. The van der Waals surface area contributed by atoms with E-state index in [1.807, 2.05) is 0 Å². The monoisotopic (exact) mass is 242 g/mol. The summed E-state index contributed by atoms with van der Waals surface area (Å²) < 4.78 is 0. The number of hydrogen-bond donors (Lipinski definition) is 0. The van der Waals surface area contributed by atoms with E-state index < -0.39 is 21.1 Å². The molecule has 1 aromatic carbocycles. The largest absolute Gasteiger partial charge is 0.300 e. The van der Waals surface area contributed by atoms with Gasteiger partial charge in [-0.05, 0) is 0 Å². The van der Waals surface area contributed by atoms with Crippen molar-refractivity contribution in [2.75, 3.05) is 0 Å². The fourth-order valence-electron chi connectivity index (χ4n) is 1.10. The molecular formula is C8H6N2O5S. The predicted molar refractivity (Wildman–Crippen MR) is 56.9 cm³/mol. The zero-order valence-electron chi connectivity index (χ0n) is 7.81. The van der Waals surface area contributed by atoms with E-state index in [0.717, 1.165) is 0 Å². The van der Waals surface area contributed by atoms with Crippen LogP contribution in [0.15, 0.2) is 30.3 Å². The average molecular weight is 242 g/mol. The van der Waals surface area contributed by atoms with E-state index in [1.165, 1.54) is 12.1 Å². The Morgan fingerprint density at radius 2 is 1.81 bits per heavy atom. The van der Waals surface area contributed by atoms with Gasteiger partial charge < -0.3 is 0 Å². The highest BCUT2D eigenvalue weighted by Gasteiger charge is 2.30. The maximum Gasteiger partial charge on any atom is 0.300 e. The normalized spacial score (nSPS) is 11.5. The summed E-state index contributed by atoms with van der Waals surface area (Å²) in [7, 11) is 0. The van der Waals surface area contributed by atoms with Crippen LogP contribution in [0.25, 0.3) is 0 Å². The molecule has 1 unspecified atom stereocenters. The average Bonchev–Trinajstić information content (AvgIpc) is 2.17. The van der Waals surface area contributed by atoms with Crippen molar-refractivity contribution in [3.8, 4) is 0 Å². The Labute approximate surface area is 94.9 Å². The van der Waals surface area contributed by atoms with Gasteiger partial charge in [-0.25, -0.2) is 0 Å². The first-order chi connectivity index (χ1) is 7.52. The van der Waals surface area contributed by atoms with Crippen LogP contribution in [0.2, 0.25) is 0 Å². The van der Waals surface area contributed by atoms with Crippen LogP contribution >= 0.6 is 12.2 Å². The van der Waals surface area contributed by atoms with Gasteiger partial charge in [0, 0.05) is 10.5 Å². The van der Waals surface area contributed by atoms with E-state index in [1.54, 1.807) is 18.2 Å². The first-order valence-electron chi connectivity index (χ1n) is 4.07. The fraction of sp³-hybridized carbons (Fsp3) is 0.125. The molecule has 0 radical (unpaired) electrons. The number of nitro groups is 1. The summed E-state index contributed by atoms with van der Waals surface area (Å²) >= 11 is 4.50. The van der Waals surface area contributed by atoms with Gasteiger partial charge in [-0.15, -0.1) is 10.1 Å². The minimum absolute atomic E-state index is 0.236. The van der Waals surface area contributed by atoms with Crippen LogP contribution in [-0.4, -0.2) is 15.1 Å². The van der Waals surface area contributed by atoms with E-state index in [9.17, 15) is 20.2 Å². The molecule has 16 heavy (non-hydrogen) atoms. The molecule has 0 aliphatic rings. The first kappa shape index (κ1) is 12.0. The number of rotatable bonds is 4. The highest BCUT2D eigenvalue weighted by Crippen LogP contribution is 2.18. The third kappa shape index (κ3) is 2.95. The Hall–Kier alpha value is -2.09. The number of benzene rings is 1. The molecule has 1 aromatic rings. The van der Waals surface area contributed by atoms with Gasteiger partial charge in [-0.1, -0.05) is 42.5 Å². The molecule has 0 aliphatic heterocycles. The van der Waals surface area contributed by atoms with Crippen molar-refractivity contribution in [1.82, 2.24) is 0 Å². The second-order valence-corrected chi connectivity index (χ2v) is 3.13. The van der Waals surface area contributed by atoms with Crippen LogP contribution in [0, 0.1) is 20.2 Å². The predicted octanol–water partition coefficient (Wildman–Crippen LogP) is 1.54. The lowest BCUT2D eigenvalue weighted by Crippen LogP contribution is -2.23. The molecule has 0 saturated carbocycles. The Morgan fingerprint density at radius 1 is 1.25 bits per heavy atom. The summed E-state index contributed by atoms with van der Waals surface area (Å²) in [6, 6.07) is 6.19. The van der Waals surface area contributed by atoms with Gasteiger partial charge in [-0.2, -0.15) is 0 Å². The molecule has 0 heterocycles. The lowest BCUT2D eigenvalue weighted by Gasteiger charge is -2.08. The first-order valence-corrected chi connectivity index (χ1v) is 4.48. The maximum atomic E-state index is 10.7. The van der Waals surface area contributed by atoms with Gasteiger partial charge in [0.1, 0.15) is 0 Å². The van der Waals surface area contributed by atoms with Crippen molar-refractivity contribution in [2.45, 2.75) is 6.04 Å². The lowest BCUT2D eigenvalue weighted by molar-refractivity contribution is -0.726. The van der Waals surface area contributed by atoms with E-state index >= 15 is 0 Å². The summed E-state index contributed by atoms with van der Waals surface area (Å²) in [4.78, 5) is 24.0. The lowest BCUT2D eigenvalue weighted by atomic mass is 10.1. The summed E-state index contributed by atoms with van der Waals surface area (Å²) in [5.74, 6) is 0. The van der Waals surface area contributed by atoms with Gasteiger partial charge in [-0.3, -0.25) is 15.0 Å². The molecule has 0 saturated heterocycles. The van der Waals surface area contributed by atoms with Crippen LogP contribution in [0.3, 0.4) is 0 Å². The molecule has 8 heteroatoms. The second kappa shape index (κ2) is 5.12. The molecule has 1 rings (SSSR count). The zero-order valence-corrected chi connectivity index (χ0v) is 8.62. The Balaban J connectivity index is 2.97. The van der Waals surface area contributed by atoms with Crippen LogP contribution < -0.4 is 0 Å². The summed E-state index contributed by atoms with van der Waals surface area (Å²) in [6.45, 7) is 0. The molecule has 0 spiro atoms. The Bertz CT molecular complexity index is 422. The van der Waals surface area contributed by atoms with Crippen molar-refractivity contribution in [2.24, 2.45) is 0 Å². The quantitative estimate of drug-likeness (QED) is 0.451. The minimum Gasteiger partial charge on any atom is -0.263 e. The molecule has 7 nitrogen and oxygen atoms in total. The van der Waals surface area contributed by atoms with Crippen molar-refractivity contribution >= 4 is 17.3 Å². The second-order valence-electron chi connectivity index (χ2n) is 2.73.